The van der Waals surface area contributed by atoms with Crippen LogP contribution in [0.15, 0.2) is 0 Å². The number of nitrogens with two attached hydrogens (primary N) is 1. The van der Waals surface area contributed by atoms with Crippen molar-refractivity contribution in [2.45, 2.75) is 96.6 Å². The Hall–Kier alpha value is -0.0800. The van der Waals surface area contributed by atoms with E-state index in [4.69, 9.17) is 5.73 Å². The van der Waals surface area contributed by atoms with Crippen LogP contribution in [0.5, 0.6) is 0 Å². The number of hydrogen-bond acceptors (Lipinski definition) is 2. The van der Waals surface area contributed by atoms with E-state index >= 15 is 0 Å². The lowest BCUT2D eigenvalue weighted by Gasteiger charge is -2.41. The lowest BCUT2D eigenvalue weighted by molar-refractivity contribution is -0.0398. The van der Waals surface area contributed by atoms with E-state index in [1.807, 2.05) is 20.8 Å². The molecule has 1 unspecified atom stereocenters. The Kier molecular flexibility index (Phi) is 8.06. The lowest BCUT2D eigenvalue weighted by atomic mass is 9.75. The van der Waals surface area contributed by atoms with Crippen LogP contribution in [-0.2, 0) is 0 Å². The zero-order valence-corrected chi connectivity index (χ0v) is 12.4. The van der Waals surface area contributed by atoms with Gasteiger partial charge in [-0.15, -0.1) is 0 Å². The third kappa shape index (κ3) is 5.39. The summed E-state index contributed by atoms with van der Waals surface area (Å²) in [6.07, 6.45) is 10.1. The van der Waals surface area contributed by atoms with Gasteiger partial charge in [-0.3, -0.25) is 0 Å². The third-order valence-electron chi connectivity index (χ3n) is 4.28. The van der Waals surface area contributed by atoms with Gasteiger partial charge in [-0.1, -0.05) is 59.3 Å². The number of rotatable bonds is 10. The zero-order chi connectivity index (χ0) is 13.4. The average molecular weight is 243 g/mol. The van der Waals surface area contributed by atoms with E-state index in [1.165, 1.54) is 32.1 Å². The predicted molar refractivity (Wildman–Crippen MR) is 76.1 cm³/mol. The number of hydrogen-bond donors (Lipinski definition) is 2. The molecule has 0 aromatic heterocycles. The molecule has 2 nitrogen and oxygen atoms in total. The first-order valence-electron chi connectivity index (χ1n) is 7.44. The van der Waals surface area contributed by atoms with E-state index in [-0.39, 0.29) is 0 Å². The van der Waals surface area contributed by atoms with Gasteiger partial charge >= 0.3 is 0 Å². The fourth-order valence-electron chi connectivity index (χ4n) is 2.56. The van der Waals surface area contributed by atoms with Gasteiger partial charge in [0.1, 0.15) is 0 Å². The maximum absolute atomic E-state index is 10.5. The molecule has 2 heteroatoms. The molecule has 0 aromatic carbocycles. The van der Waals surface area contributed by atoms with Gasteiger partial charge in [0, 0.05) is 5.54 Å². The molecule has 0 aliphatic carbocycles. The molecule has 0 aromatic rings. The van der Waals surface area contributed by atoms with Crippen molar-refractivity contribution in [3.63, 3.8) is 0 Å². The van der Waals surface area contributed by atoms with Crippen molar-refractivity contribution in [2.24, 2.45) is 5.73 Å². The van der Waals surface area contributed by atoms with E-state index in [0.29, 0.717) is 0 Å². The van der Waals surface area contributed by atoms with E-state index in [1.54, 1.807) is 0 Å². The highest BCUT2D eigenvalue weighted by atomic mass is 16.3. The highest BCUT2D eigenvalue weighted by Crippen LogP contribution is 2.31. The zero-order valence-electron chi connectivity index (χ0n) is 12.4. The van der Waals surface area contributed by atoms with Crippen LogP contribution in [0.25, 0.3) is 0 Å². The molecule has 17 heavy (non-hydrogen) atoms. The molecule has 0 aliphatic heterocycles. The molecule has 0 heterocycles. The summed E-state index contributed by atoms with van der Waals surface area (Å²) < 4.78 is 0. The Bertz CT molecular complexity index is 185. The monoisotopic (exact) mass is 243 g/mol. The van der Waals surface area contributed by atoms with E-state index in [2.05, 4.69) is 6.92 Å². The van der Waals surface area contributed by atoms with Gasteiger partial charge in [0.15, 0.2) is 0 Å². The van der Waals surface area contributed by atoms with E-state index in [9.17, 15) is 5.11 Å². The minimum atomic E-state index is -0.698. The molecule has 0 rings (SSSR count). The quantitative estimate of drug-likeness (QED) is 0.570. The summed E-state index contributed by atoms with van der Waals surface area (Å²) in [5.41, 5.74) is 5.17. The van der Waals surface area contributed by atoms with Gasteiger partial charge in [-0.2, -0.15) is 0 Å². The topological polar surface area (TPSA) is 46.2 Å². The molecule has 0 amide bonds. The largest absolute Gasteiger partial charge is 0.388 e. The summed E-state index contributed by atoms with van der Waals surface area (Å²) in [5.74, 6) is 0. The smallest absolute Gasteiger partial charge is 0.0818 e. The van der Waals surface area contributed by atoms with Gasteiger partial charge in [0.25, 0.3) is 0 Å². The van der Waals surface area contributed by atoms with Crippen LogP contribution in [0.4, 0.5) is 0 Å². The van der Waals surface area contributed by atoms with E-state index < -0.39 is 11.1 Å². The molecular formula is C15H33NO. The van der Waals surface area contributed by atoms with Gasteiger partial charge < -0.3 is 10.8 Å². The molecule has 0 radical (unpaired) electrons. The Balaban J connectivity index is 3.92. The first-order valence-corrected chi connectivity index (χ1v) is 7.44. The highest BCUT2D eigenvalue weighted by molar-refractivity contribution is 4.98. The molecule has 0 fully saturated rings. The van der Waals surface area contributed by atoms with Crippen LogP contribution in [0.1, 0.15) is 85.5 Å². The van der Waals surface area contributed by atoms with Crippen LogP contribution >= 0.6 is 0 Å². The number of unbranched alkanes of at least 4 members (excludes halogenated alkanes) is 5. The second-order valence-electron chi connectivity index (χ2n) is 5.67. The maximum atomic E-state index is 10.5. The van der Waals surface area contributed by atoms with Crippen molar-refractivity contribution in [2.75, 3.05) is 0 Å². The molecule has 0 bridgehead atoms. The van der Waals surface area contributed by atoms with Crippen molar-refractivity contribution in [3.05, 3.63) is 0 Å². The Morgan fingerprint density at radius 3 is 1.82 bits per heavy atom. The molecule has 0 aliphatic rings. The molecule has 0 saturated carbocycles. The van der Waals surface area contributed by atoms with Gasteiger partial charge in [-0.05, 0) is 26.2 Å². The Morgan fingerprint density at radius 1 is 0.882 bits per heavy atom. The molecule has 0 spiro atoms. The highest BCUT2D eigenvalue weighted by Gasteiger charge is 2.40. The van der Waals surface area contributed by atoms with Gasteiger partial charge in [0.2, 0.25) is 0 Å². The Morgan fingerprint density at radius 2 is 1.35 bits per heavy atom. The second kappa shape index (κ2) is 8.10. The molecule has 0 saturated heterocycles. The molecule has 3 N–H and O–H groups in total. The fraction of sp³-hybridized carbons (Fsp3) is 1.00. The molecule has 104 valence electrons. The fourth-order valence-corrected chi connectivity index (χ4v) is 2.56. The van der Waals surface area contributed by atoms with Crippen molar-refractivity contribution in [1.82, 2.24) is 0 Å². The summed E-state index contributed by atoms with van der Waals surface area (Å²) in [6.45, 7) is 8.29. The lowest BCUT2D eigenvalue weighted by Crippen LogP contribution is -2.57. The van der Waals surface area contributed by atoms with Crippen molar-refractivity contribution in [1.29, 1.82) is 0 Å². The van der Waals surface area contributed by atoms with Crippen molar-refractivity contribution in [3.8, 4) is 0 Å². The van der Waals surface area contributed by atoms with Crippen LogP contribution < -0.4 is 5.73 Å². The minimum Gasteiger partial charge on any atom is -0.388 e. The molecular weight excluding hydrogens is 210 g/mol. The Labute approximate surface area is 108 Å². The van der Waals surface area contributed by atoms with Gasteiger partial charge in [-0.25, -0.2) is 0 Å². The summed E-state index contributed by atoms with van der Waals surface area (Å²) in [5, 5.41) is 10.5. The van der Waals surface area contributed by atoms with Crippen LogP contribution in [0, 0.1) is 0 Å². The molecule has 1 atom stereocenters. The average Bonchev–Trinajstić information content (AvgIpc) is 2.32. The van der Waals surface area contributed by atoms with Gasteiger partial charge in [0.05, 0.1) is 5.60 Å². The second-order valence-corrected chi connectivity index (χ2v) is 5.67. The van der Waals surface area contributed by atoms with Crippen LogP contribution in [0.3, 0.4) is 0 Å². The first-order chi connectivity index (χ1) is 7.93. The van der Waals surface area contributed by atoms with Crippen molar-refractivity contribution >= 4 is 0 Å². The summed E-state index contributed by atoms with van der Waals surface area (Å²) in [6, 6.07) is 0. The first kappa shape index (κ1) is 16.9. The third-order valence-corrected chi connectivity index (χ3v) is 4.28. The van der Waals surface area contributed by atoms with E-state index in [0.717, 1.165) is 25.7 Å². The summed E-state index contributed by atoms with van der Waals surface area (Å²) in [7, 11) is 0. The SMILES string of the molecule is CCCCCCCCC(C)(N)C(O)(CC)CC. The van der Waals surface area contributed by atoms with Crippen LogP contribution in [-0.4, -0.2) is 16.2 Å². The maximum Gasteiger partial charge on any atom is 0.0818 e. The summed E-state index contributed by atoms with van der Waals surface area (Å²) in [4.78, 5) is 0. The van der Waals surface area contributed by atoms with Crippen LogP contribution in [0.2, 0.25) is 0 Å². The number of aliphatic hydroxyl groups is 1. The predicted octanol–water partition coefficient (Wildman–Crippen LogP) is 4.01. The normalized spacial score (nSPS) is 15.9. The standard InChI is InChI=1S/C15H33NO/c1-5-8-9-10-11-12-13-14(4,16)15(17,6-2)7-3/h17H,5-13,16H2,1-4H3. The van der Waals surface area contributed by atoms with Crippen molar-refractivity contribution < 1.29 is 5.11 Å². The summed E-state index contributed by atoms with van der Waals surface area (Å²) >= 11 is 0. The minimum absolute atomic E-state index is 0.443.